The molecule has 2 N–H and O–H groups in total. The highest BCUT2D eigenvalue weighted by Gasteiger charge is 2.29. The molecule has 114 valence electrons. The predicted molar refractivity (Wildman–Crippen MR) is 87.7 cm³/mol. The van der Waals surface area contributed by atoms with E-state index in [2.05, 4.69) is 0 Å². The van der Waals surface area contributed by atoms with Crippen molar-refractivity contribution in [3.63, 3.8) is 0 Å². The summed E-state index contributed by atoms with van der Waals surface area (Å²) in [6.45, 7) is 5.62. The highest BCUT2D eigenvalue weighted by atomic mass is 32.2. The molecule has 0 saturated heterocycles. The number of aryl methyl sites for hydroxylation is 1. The summed E-state index contributed by atoms with van der Waals surface area (Å²) in [4.78, 5) is 0.246. The number of sulfonamides is 1. The fraction of sp³-hybridized carbons (Fsp3) is 0.571. The van der Waals surface area contributed by atoms with Crippen molar-refractivity contribution in [3.05, 3.63) is 23.3 Å². The number of nitrogen functional groups attached to an aromatic ring is 1. The van der Waals surface area contributed by atoms with Crippen LogP contribution < -0.4 is 5.73 Å². The van der Waals surface area contributed by atoms with Crippen LogP contribution in [0.5, 0.6) is 0 Å². The molecule has 0 fully saturated rings. The second kappa shape index (κ2) is 6.83. The Morgan fingerprint density at radius 2 is 1.95 bits per heavy atom. The molecule has 0 spiro atoms. The standard InChI is InChI=1S/C14H24N2O2S2/c1-10-6-7-13(15)14(12(10)3)20(17,18)16(4)11(2)8-9-19-5/h6-7,11H,8-9,15H2,1-5H3. The van der Waals surface area contributed by atoms with Gasteiger partial charge in [-0.25, -0.2) is 8.42 Å². The molecule has 0 aromatic heterocycles. The summed E-state index contributed by atoms with van der Waals surface area (Å²) in [5.41, 5.74) is 7.88. The molecule has 0 aliphatic heterocycles. The third-order valence-corrected chi connectivity index (χ3v) is 6.52. The molecule has 0 heterocycles. The Kier molecular flexibility index (Phi) is 5.91. The maximum atomic E-state index is 12.8. The number of nitrogens with two attached hydrogens (primary N) is 1. The van der Waals surface area contributed by atoms with Crippen LogP contribution in [0.4, 0.5) is 5.69 Å². The van der Waals surface area contributed by atoms with Crippen LogP contribution in [0, 0.1) is 13.8 Å². The zero-order valence-corrected chi connectivity index (χ0v) is 14.4. The van der Waals surface area contributed by atoms with Gasteiger partial charge >= 0.3 is 0 Å². The number of benzene rings is 1. The molecule has 1 aromatic carbocycles. The van der Waals surface area contributed by atoms with Crippen molar-refractivity contribution in [1.82, 2.24) is 4.31 Å². The van der Waals surface area contributed by atoms with E-state index >= 15 is 0 Å². The van der Waals surface area contributed by atoms with Crippen LogP contribution in [0.25, 0.3) is 0 Å². The fourth-order valence-electron chi connectivity index (χ4n) is 2.00. The molecule has 0 saturated carbocycles. The smallest absolute Gasteiger partial charge is 0.245 e. The lowest BCUT2D eigenvalue weighted by atomic mass is 10.1. The zero-order chi connectivity index (χ0) is 15.5. The van der Waals surface area contributed by atoms with Crippen molar-refractivity contribution in [2.75, 3.05) is 24.8 Å². The first kappa shape index (κ1) is 17.3. The molecule has 0 bridgehead atoms. The van der Waals surface area contributed by atoms with Gasteiger partial charge in [0.1, 0.15) is 4.90 Å². The van der Waals surface area contributed by atoms with Crippen LogP contribution in [0.1, 0.15) is 24.5 Å². The van der Waals surface area contributed by atoms with Crippen molar-refractivity contribution in [2.24, 2.45) is 0 Å². The lowest BCUT2D eigenvalue weighted by Gasteiger charge is -2.26. The molecule has 1 rings (SSSR count). The molecule has 20 heavy (non-hydrogen) atoms. The molecule has 1 atom stereocenters. The van der Waals surface area contributed by atoms with Gasteiger partial charge in [-0.2, -0.15) is 16.1 Å². The summed E-state index contributed by atoms with van der Waals surface area (Å²) in [6, 6.07) is 3.46. The summed E-state index contributed by atoms with van der Waals surface area (Å²) in [7, 11) is -1.93. The first-order valence-electron chi connectivity index (χ1n) is 6.56. The van der Waals surface area contributed by atoms with E-state index in [1.807, 2.05) is 26.2 Å². The molecule has 0 aliphatic rings. The third kappa shape index (κ3) is 3.48. The zero-order valence-electron chi connectivity index (χ0n) is 12.8. The largest absolute Gasteiger partial charge is 0.398 e. The summed E-state index contributed by atoms with van der Waals surface area (Å²) >= 11 is 1.72. The van der Waals surface area contributed by atoms with Gasteiger partial charge in [0.25, 0.3) is 0 Å². The number of rotatable bonds is 6. The second-order valence-corrected chi connectivity index (χ2v) is 8.00. The van der Waals surface area contributed by atoms with Gasteiger partial charge in [-0.1, -0.05) is 6.07 Å². The van der Waals surface area contributed by atoms with E-state index in [0.29, 0.717) is 5.69 Å². The molecular formula is C14H24N2O2S2. The highest BCUT2D eigenvalue weighted by Crippen LogP contribution is 2.29. The van der Waals surface area contributed by atoms with Gasteiger partial charge in [-0.05, 0) is 56.4 Å². The maximum absolute atomic E-state index is 12.8. The van der Waals surface area contributed by atoms with Crippen LogP contribution in [0.3, 0.4) is 0 Å². The molecule has 0 radical (unpaired) electrons. The number of nitrogens with zero attached hydrogens (tertiary/aromatic N) is 1. The summed E-state index contributed by atoms with van der Waals surface area (Å²) in [5, 5.41) is 0. The third-order valence-electron chi connectivity index (χ3n) is 3.70. The summed E-state index contributed by atoms with van der Waals surface area (Å²) in [5.74, 6) is 0.934. The van der Waals surface area contributed by atoms with Crippen LogP contribution in [-0.4, -0.2) is 37.8 Å². The first-order chi connectivity index (χ1) is 9.23. The van der Waals surface area contributed by atoms with Crippen molar-refractivity contribution in [1.29, 1.82) is 0 Å². The Balaban J connectivity index is 3.20. The van der Waals surface area contributed by atoms with Crippen molar-refractivity contribution < 1.29 is 8.42 Å². The molecule has 1 unspecified atom stereocenters. The molecular weight excluding hydrogens is 292 g/mol. The minimum absolute atomic E-state index is 0.0493. The Hall–Kier alpha value is -0.720. The highest BCUT2D eigenvalue weighted by molar-refractivity contribution is 7.98. The second-order valence-electron chi connectivity index (χ2n) is 5.08. The summed E-state index contributed by atoms with van der Waals surface area (Å²) in [6.07, 6.45) is 2.84. The number of hydrogen-bond donors (Lipinski definition) is 1. The fourth-order valence-corrected chi connectivity index (χ4v) is 4.36. The Labute approximate surface area is 126 Å². The number of hydrogen-bond acceptors (Lipinski definition) is 4. The van der Waals surface area contributed by atoms with E-state index in [0.717, 1.165) is 23.3 Å². The van der Waals surface area contributed by atoms with Crippen LogP contribution in [-0.2, 0) is 10.0 Å². The molecule has 0 amide bonds. The van der Waals surface area contributed by atoms with Gasteiger partial charge in [0.2, 0.25) is 10.0 Å². The normalized spacial score (nSPS) is 13.7. The van der Waals surface area contributed by atoms with Gasteiger partial charge in [0.15, 0.2) is 0 Å². The van der Waals surface area contributed by atoms with Crippen molar-refractivity contribution >= 4 is 27.5 Å². The van der Waals surface area contributed by atoms with Crippen LogP contribution in [0.15, 0.2) is 17.0 Å². The van der Waals surface area contributed by atoms with Crippen LogP contribution in [0.2, 0.25) is 0 Å². The Bertz CT molecular complexity index is 571. The topological polar surface area (TPSA) is 63.4 Å². The molecule has 0 aliphatic carbocycles. The SMILES string of the molecule is CSCCC(C)N(C)S(=O)(=O)c1c(N)ccc(C)c1C. The summed E-state index contributed by atoms with van der Waals surface area (Å²) < 4.78 is 27.0. The van der Waals surface area contributed by atoms with Crippen molar-refractivity contribution in [3.8, 4) is 0 Å². The molecule has 1 aromatic rings. The van der Waals surface area contributed by atoms with Crippen LogP contribution >= 0.6 is 11.8 Å². The van der Waals surface area contributed by atoms with Gasteiger partial charge < -0.3 is 5.73 Å². The molecule has 6 heteroatoms. The monoisotopic (exact) mass is 316 g/mol. The average molecular weight is 316 g/mol. The van der Waals surface area contributed by atoms with E-state index in [1.165, 1.54) is 4.31 Å². The Morgan fingerprint density at radius 3 is 2.50 bits per heavy atom. The van der Waals surface area contributed by atoms with E-state index < -0.39 is 10.0 Å². The number of thioether (sulfide) groups is 1. The lowest BCUT2D eigenvalue weighted by molar-refractivity contribution is 0.382. The van der Waals surface area contributed by atoms with E-state index in [-0.39, 0.29) is 10.9 Å². The Morgan fingerprint density at radius 1 is 1.35 bits per heavy atom. The predicted octanol–water partition coefficient (Wildman–Crippen LogP) is 2.65. The van der Waals surface area contributed by atoms with E-state index in [1.54, 1.807) is 31.8 Å². The lowest BCUT2D eigenvalue weighted by Crippen LogP contribution is -2.36. The average Bonchev–Trinajstić information content (AvgIpc) is 2.39. The van der Waals surface area contributed by atoms with E-state index in [4.69, 9.17) is 5.73 Å². The first-order valence-corrected chi connectivity index (χ1v) is 9.39. The molecule has 4 nitrogen and oxygen atoms in total. The maximum Gasteiger partial charge on any atom is 0.245 e. The minimum atomic E-state index is -3.55. The number of anilines is 1. The van der Waals surface area contributed by atoms with Gasteiger partial charge in [0.05, 0.1) is 5.69 Å². The van der Waals surface area contributed by atoms with E-state index in [9.17, 15) is 8.42 Å². The minimum Gasteiger partial charge on any atom is -0.398 e. The van der Waals surface area contributed by atoms with Gasteiger partial charge in [0, 0.05) is 13.1 Å². The quantitative estimate of drug-likeness (QED) is 0.820. The van der Waals surface area contributed by atoms with Crippen molar-refractivity contribution in [2.45, 2.75) is 38.1 Å². The van der Waals surface area contributed by atoms with Gasteiger partial charge in [-0.3, -0.25) is 0 Å². The van der Waals surface area contributed by atoms with Gasteiger partial charge in [-0.15, -0.1) is 0 Å².